The van der Waals surface area contributed by atoms with E-state index in [1.165, 1.54) is 43.3 Å². The van der Waals surface area contributed by atoms with Gasteiger partial charge in [-0.05, 0) is 92.5 Å². The first-order chi connectivity index (χ1) is 18.1. The monoisotopic (exact) mass is 536 g/mol. The van der Waals surface area contributed by atoms with Gasteiger partial charge in [0.25, 0.3) is 0 Å². The number of halogens is 6. The fourth-order valence-corrected chi connectivity index (χ4v) is 5.35. The highest BCUT2D eigenvalue weighted by molar-refractivity contribution is 5.35. The summed E-state index contributed by atoms with van der Waals surface area (Å²) in [5.74, 6) is -6.94. The van der Waals surface area contributed by atoms with Gasteiger partial charge in [-0.1, -0.05) is 30.3 Å². The summed E-state index contributed by atoms with van der Waals surface area (Å²) in [6, 6.07) is 8.54. The molecule has 204 valence electrons. The second-order valence-corrected chi connectivity index (χ2v) is 9.82. The van der Waals surface area contributed by atoms with E-state index in [-0.39, 0.29) is 64.9 Å². The van der Waals surface area contributed by atoms with Gasteiger partial charge in [0.2, 0.25) is 5.82 Å². The molecule has 8 heteroatoms. The number of benzene rings is 3. The molecule has 0 aromatic heterocycles. The molecule has 0 aliphatic heterocycles. The van der Waals surface area contributed by atoms with Crippen LogP contribution in [0.2, 0.25) is 0 Å². The fraction of sp³-hybridized carbons (Fsp3) is 0.400. The van der Waals surface area contributed by atoms with Crippen molar-refractivity contribution in [3.63, 3.8) is 0 Å². The lowest BCUT2D eigenvalue weighted by atomic mass is 9.75. The summed E-state index contributed by atoms with van der Waals surface area (Å²) in [5, 5.41) is 9.59. The fourth-order valence-electron chi connectivity index (χ4n) is 5.35. The summed E-state index contributed by atoms with van der Waals surface area (Å²) in [6.45, 7) is 3.19. The number of aliphatic hydroxyl groups excluding tert-OH is 1. The predicted octanol–water partition coefficient (Wildman–Crippen LogP) is 8.20. The highest BCUT2D eigenvalue weighted by Gasteiger charge is 2.30. The molecule has 1 N–H and O–H groups in total. The molecule has 1 saturated carbocycles. The molecule has 1 aliphatic rings. The molecule has 0 bridgehead atoms. The van der Waals surface area contributed by atoms with Crippen LogP contribution in [0.3, 0.4) is 0 Å². The summed E-state index contributed by atoms with van der Waals surface area (Å²) in [4.78, 5) is 0. The van der Waals surface area contributed by atoms with E-state index in [0.29, 0.717) is 25.7 Å². The molecule has 0 heterocycles. The molecule has 4 rings (SSSR count). The Morgan fingerprint density at radius 1 is 0.684 bits per heavy atom. The van der Waals surface area contributed by atoms with Gasteiger partial charge >= 0.3 is 0 Å². The van der Waals surface area contributed by atoms with Gasteiger partial charge in [0.15, 0.2) is 34.8 Å². The molecular weight excluding hydrogens is 506 g/mol. The Kier molecular flexibility index (Phi) is 8.71. The number of hydrogen-bond acceptors (Lipinski definition) is 2. The lowest BCUT2D eigenvalue weighted by molar-refractivity contribution is 0.192. The molecule has 2 nitrogen and oxygen atoms in total. The average Bonchev–Trinajstić information content (AvgIpc) is 2.90. The van der Waals surface area contributed by atoms with Gasteiger partial charge in [-0.25, -0.2) is 22.0 Å². The highest BCUT2D eigenvalue weighted by atomic mass is 19.2. The van der Waals surface area contributed by atoms with E-state index < -0.39 is 41.0 Å². The minimum atomic E-state index is -1.13. The second-order valence-electron chi connectivity index (χ2n) is 9.82. The first kappa shape index (κ1) is 28.0. The van der Waals surface area contributed by atoms with E-state index >= 15 is 4.39 Å². The molecule has 1 atom stereocenters. The summed E-state index contributed by atoms with van der Waals surface area (Å²) in [5.41, 5.74) is 0.445. The van der Waals surface area contributed by atoms with Crippen LogP contribution < -0.4 is 4.74 Å². The summed E-state index contributed by atoms with van der Waals surface area (Å²) >= 11 is 0. The van der Waals surface area contributed by atoms with Crippen molar-refractivity contribution < 1.29 is 36.2 Å². The van der Waals surface area contributed by atoms with Crippen molar-refractivity contribution in [3.05, 3.63) is 99.1 Å². The standard InChI is InChI=1S/C30H30F6O2/c1-3-38-24-15-11-20(26(32)30(24)36)9-8-19-10-12-22(28(34)25(19)31)17-4-6-18(7-5-17)23-14-13-21(16(2)37)27(33)29(23)35/h10-18,37H,3-9H2,1-2H3. The van der Waals surface area contributed by atoms with Crippen LogP contribution in [0.1, 0.15) is 85.3 Å². The third-order valence-electron chi connectivity index (χ3n) is 7.48. The Bertz CT molecular complexity index is 1300. The van der Waals surface area contributed by atoms with Gasteiger partial charge in [0.05, 0.1) is 12.7 Å². The van der Waals surface area contributed by atoms with Crippen molar-refractivity contribution in [2.75, 3.05) is 6.61 Å². The zero-order chi connectivity index (χ0) is 27.6. The minimum absolute atomic E-state index is 0.0204. The Morgan fingerprint density at radius 3 is 1.68 bits per heavy atom. The Hall–Kier alpha value is -3.00. The Balaban J connectivity index is 1.43. The number of hydrogen-bond donors (Lipinski definition) is 1. The quantitative estimate of drug-likeness (QED) is 0.294. The normalized spacial score (nSPS) is 18.4. The molecule has 38 heavy (non-hydrogen) atoms. The van der Waals surface area contributed by atoms with E-state index in [1.807, 2.05) is 0 Å². The molecule has 3 aromatic rings. The van der Waals surface area contributed by atoms with Gasteiger partial charge in [-0.15, -0.1) is 0 Å². The minimum Gasteiger partial charge on any atom is -0.491 e. The third-order valence-corrected chi connectivity index (χ3v) is 7.48. The van der Waals surface area contributed by atoms with Crippen molar-refractivity contribution in [1.29, 1.82) is 0 Å². The van der Waals surface area contributed by atoms with Gasteiger partial charge in [-0.2, -0.15) is 4.39 Å². The first-order valence-electron chi connectivity index (χ1n) is 12.9. The number of aryl methyl sites for hydroxylation is 2. The second kappa shape index (κ2) is 11.8. The van der Waals surface area contributed by atoms with Crippen molar-refractivity contribution in [1.82, 2.24) is 0 Å². The van der Waals surface area contributed by atoms with Crippen molar-refractivity contribution >= 4 is 0 Å². The van der Waals surface area contributed by atoms with Crippen LogP contribution in [-0.2, 0) is 12.8 Å². The lowest BCUT2D eigenvalue weighted by Crippen LogP contribution is -2.16. The number of ether oxygens (including phenoxy) is 1. The maximum Gasteiger partial charge on any atom is 0.200 e. The molecule has 1 fully saturated rings. The molecule has 0 saturated heterocycles. The van der Waals surface area contributed by atoms with Crippen molar-refractivity contribution in [3.8, 4) is 5.75 Å². The van der Waals surface area contributed by atoms with E-state index in [1.54, 1.807) is 6.92 Å². The maximum absolute atomic E-state index is 15.1. The Morgan fingerprint density at radius 2 is 1.16 bits per heavy atom. The number of aliphatic hydroxyl groups is 1. The van der Waals surface area contributed by atoms with E-state index in [2.05, 4.69) is 0 Å². The van der Waals surface area contributed by atoms with Crippen LogP contribution in [0.5, 0.6) is 5.75 Å². The van der Waals surface area contributed by atoms with Gasteiger partial charge < -0.3 is 9.84 Å². The topological polar surface area (TPSA) is 29.5 Å². The molecule has 3 aromatic carbocycles. The number of rotatable bonds is 8. The smallest absolute Gasteiger partial charge is 0.200 e. The van der Waals surface area contributed by atoms with Gasteiger partial charge in [0, 0.05) is 5.56 Å². The van der Waals surface area contributed by atoms with Crippen molar-refractivity contribution in [2.45, 2.75) is 70.3 Å². The van der Waals surface area contributed by atoms with Crippen LogP contribution in [0.15, 0.2) is 36.4 Å². The third kappa shape index (κ3) is 5.55. The lowest BCUT2D eigenvalue weighted by Gasteiger charge is -2.30. The predicted molar refractivity (Wildman–Crippen MR) is 132 cm³/mol. The summed E-state index contributed by atoms with van der Waals surface area (Å²) in [6.07, 6.45) is 0.712. The average molecular weight is 537 g/mol. The SMILES string of the molecule is CCOc1ccc(CCc2ccc(C3CCC(c4ccc(C(C)O)c(F)c4F)CC3)c(F)c2F)c(F)c1F. The molecule has 1 aliphatic carbocycles. The molecule has 1 unspecified atom stereocenters. The maximum atomic E-state index is 15.1. The largest absolute Gasteiger partial charge is 0.491 e. The van der Waals surface area contributed by atoms with Crippen LogP contribution >= 0.6 is 0 Å². The molecule has 0 spiro atoms. The van der Waals surface area contributed by atoms with E-state index in [4.69, 9.17) is 4.74 Å². The van der Waals surface area contributed by atoms with Crippen LogP contribution in [0.4, 0.5) is 26.3 Å². The van der Waals surface area contributed by atoms with E-state index in [0.717, 1.165) is 0 Å². The Labute approximate surface area is 218 Å². The van der Waals surface area contributed by atoms with Crippen LogP contribution in [0, 0.1) is 34.9 Å². The van der Waals surface area contributed by atoms with Gasteiger partial charge in [-0.3, -0.25) is 0 Å². The zero-order valence-corrected chi connectivity index (χ0v) is 21.3. The van der Waals surface area contributed by atoms with Crippen LogP contribution in [-0.4, -0.2) is 11.7 Å². The summed E-state index contributed by atoms with van der Waals surface area (Å²) < 4.78 is 92.5. The molecule has 0 radical (unpaired) electrons. The first-order valence-corrected chi connectivity index (χ1v) is 12.9. The van der Waals surface area contributed by atoms with E-state index in [9.17, 15) is 27.1 Å². The summed E-state index contributed by atoms with van der Waals surface area (Å²) in [7, 11) is 0. The van der Waals surface area contributed by atoms with Gasteiger partial charge in [0.1, 0.15) is 0 Å². The van der Waals surface area contributed by atoms with Crippen molar-refractivity contribution in [2.24, 2.45) is 0 Å². The highest BCUT2D eigenvalue weighted by Crippen LogP contribution is 2.43. The van der Waals surface area contributed by atoms with Crippen LogP contribution in [0.25, 0.3) is 0 Å². The molecular formula is C30H30F6O2. The molecule has 0 amide bonds. The zero-order valence-electron chi connectivity index (χ0n) is 21.3.